The first kappa shape index (κ1) is 9.44. The molecule has 0 saturated carbocycles. The number of nitrogens with zero attached hydrogens (tertiary/aromatic N) is 2. The normalized spacial score (nSPS) is 22.4. The zero-order chi connectivity index (χ0) is 9.14. The Kier molecular flexibility index (Phi) is 3.02. The third kappa shape index (κ3) is 2.17. The number of rotatable bonds is 1. The molecule has 0 bridgehead atoms. The smallest absolute Gasteiger partial charge is 0.251 e. The van der Waals surface area contributed by atoms with Crippen molar-refractivity contribution in [3.63, 3.8) is 0 Å². The van der Waals surface area contributed by atoms with Gasteiger partial charge < -0.3 is 10.0 Å². The zero-order valence-corrected chi connectivity index (χ0v) is 7.23. The molecule has 0 unspecified atom stereocenters. The molecule has 5 nitrogen and oxygen atoms in total. The summed E-state index contributed by atoms with van der Waals surface area (Å²) < 4.78 is 0. The fraction of sp³-hybridized carbons (Fsp3) is 0.857. The van der Waals surface area contributed by atoms with E-state index in [0.717, 1.165) is 0 Å². The van der Waals surface area contributed by atoms with Gasteiger partial charge in [0.05, 0.1) is 0 Å². The SMILES string of the molecule is C[C@@H](O)C(=O)N1CCN(N)CC1. The number of hydrogen-bond acceptors (Lipinski definition) is 4. The number of aliphatic hydroxyl groups excluding tert-OH is 1. The van der Waals surface area contributed by atoms with E-state index in [0.29, 0.717) is 26.2 Å². The van der Waals surface area contributed by atoms with Gasteiger partial charge in [-0.05, 0) is 6.92 Å². The molecule has 70 valence electrons. The number of piperazine rings is 1. The van der Waals surface area contributed by atoms with Gasteiger partial charge in [0.2, 0.25) is 0 Å². The Morgan fingerprint density at radius 3 is 2.33 bits per heavy atom. The molecule has 0 aromatic heterocycles. The van der Waals surface area contributed by atoms with E-state index in [1.165, 1.54) is 6.92 Å². The molecule has 1 saturated heterocycles. The number of amides is 1. The first-order valence-electron chi connectivity index (χ1n) is 4.08. The maximum Gasteiger partial charge on any atom is 0.251 e. The highest BCUT2D eigenvalue weighted by Gasteiger charge is 2.21. The fourth-order valence-corrected chi connectivity index (χ4v) is 1.21. The number of hydrogen-bond donors (Lipinski definition) is 2. The molecule has 1 rings (SSSR count). The van der Waals surface area contributed by atoms with Crippen molar-refractivity contribution in [2.75, 3.05) is 26.2 Å². The van der Waals surface area contributed by atoms with Crippen LogP contribution < -0.4 is 5.84 Å². The number of carbonyl (C=O) groups excluding carboxylic acids is 1. The lowest BCUT2D eigenvalue weighted by atomic mass is 10.3. The molecule has 1 heterocycles. The van der Waals surface area contributed by atoms with Crippen molar-refractivity contribution in [2.45, 2.75) is 13.0 Å². The van der Waals surface area contributed by atoms with Gasteiger partial charge in [0.25, 0.3) is 5.91 Å². The van der Waals surface area contributed by atoms with E-state index >= 15 is 0 Å². The van der Waals surface area contributed by atoms with Crippen molar-refractivity contribution >= 4 is 5.91 Å². The fourth-order valence-electron chi connectivity index (χ4n) is 1.21. The number of aliphatic hydroxyl groups is 1. The largest absolute Gasteiger partial charge is 0.384 e. The van der Waals surface area contributed by atoms with Gasteiger partial charge in [0, 0.05) is 26.2 Å². The van der Waals surface area contributed by atoms with E-state index < -0.39 is 6.10 Å². The third-order valence-corrected chi connectivity index (χ3v) is 1.98. The van der Waals surface area contributed by atoms with Crippen molar-refractivity contribution in [1.82, 2.24) is 9.91 Å². The molecule has 1 aliphatic rings. The summed E-state index contributed by atoms with van der Waals surface area (Å²) in [5, 5.41) is 10.7. The Bertz CT molecular complexity index is 164. The summed E-state index contributed by atoms with van der Waals surface area (Å²) in [5.41, 5.74) is 0. The summed E-state index contributed by atoms with van der Waals surface area (Å²) in [6, 6.07) is 0. The monoisotopic (exact) mass is 173 g/mol. The number of carbonyl (C=O) groups is 1. The van der Waals surface area contributed by atoms with Crippen LogP contribution in [0, 0.1) is 0 Å². The highest BCUT2D eigenvalue weighted by Crippen LogP contribution is 2.00. The molecule has 1 amide bonds. The van der Waals surface area contributed by atoms with Gasteiger partial charge in [-0.25, -0.2) is 5.01 Å². The molecule has 0 aromatic rings. The van der Waals surface area contributed by atoms with Crippen LogP contribution in [0.4, 0.5) is 0 Å². The highest BCUT2D eigenvalue weighted by molar-refractivity contribution is 5.80. The van der Waals surface area contributed by atoms with Crippen molar-refractivity contribution in [1.29, 1.82) is 0 Å². The molecule has 0 aromatic carbocycles. The molecular weight excluding hydrogens is 158 g/mol. The first-order valence-corrected chi connectivity index (χ1v) is 4.08. The van der Waals surface area contributed by atoms with Gasteiger partial charge in [-0.15, -0.1) is 0 Å². The van der Waals surface area contributed by atoms with Gasteiger partial charge in [-0.2, -0.15) is 0 Å². The van der Waals surface area contributed by atoms with Crippen molar-refractivity contribution in [3.05, 3.63) is 0 Å². The topological polar surface area (TPSA) is 69.8 Å². The van der Waals surface area contributed by atoms with Gasteiger partial charge in [0.1, 0.15) is 6.10 Å². The second-order valence-electron chi connectivity index (χ2n) is 3.04. The lowest BCUT2D eigenvalue weighted by Gasteiger charge is -2.32. The first-order chi connectivity index (χ1) is 5.61. The van der Waals surface area contributed by atoms with E-state index in [4.69, 9.17) is 10.9 Å². The van der Waals surface area contributed by atoms with Crippen molar-refractivity contribution < 1.29 is 9.90 Å². The summed E-state index contributed by atoms with van der Waals surface area (Å²) in [7, 11) is 0. The van der Waals surface area contributed by atoms with Crippen LogP contribution in [0.25, 0.3) is 0 Å². The standard InChI is InChI=1S/C7H15N3O2/c1-6(11)7(12)9-2-4-10(8)5-3-9/h6,11H,2-5,8H2,1H3/t6-/m1/s1. The van der Waals surface area contributed by atoms with Crippen LogP contribution in [0.5, 0.6) is 0 Å². The van der Waals surface area contributed by atoms with E-state index in [-0.39, 0.29) is 5.91 Å². The average molecular weight is 173 g/mol. The van der Waals surface area contributed by atoms with E-state index in [9.17, 15) is 4.79 Å². The van der Waals surface area contributed by atoms with E-state index in [1.54, 1.807) is 9.91 Å². The lowest BCUT2D eigenvalue weighted by Crippen LogP contribution is -2.53. The average Bonchev–Trinajstić information content (AvgIpc) is 2.04. The van der Waals surface area contributed by atoms with Gasteiger partial charge in [-0.3, -0.25) is 10.6 Å². The van der Waals surface area contributed by atoms with Crippen LogP contribution in [0.15, 0.2) is 0 Å². The predicted molar refractivity (Wildman–Crippen MR) is 44.0 cm³/mol. The number of nitrogens with two attached hydrogens (primary N) is 1. The van der Waals surface area contributed by atoms with Gasteiger partial charge in [-0.1, -0.05) is 0 Å². The lowest BCUT2D eigenvalue weighted by molar-refractivity contribution is -0.141. The van der Waals surface area contributed by atoms with Crippen LogP contribution in [0.1, 0.15) is 6.92 Å². The van der Waals surface area contributed by atoms with Crippen molar-refractivity contribution in [2.24, 2.45) is 5.84 Å². The maximum atomic E-state index is 11.2. The minimum absolute atomic E-state index is 0.205. The highest BCUT2D eigenvalue weighted by atomic mass is 16.3. The molecular formula is C7H15N3O2. The summed E-state index contributed by atoms with van der Waals surface area (Å²) >= 11 is 0. The van der Waals surface area contributed by atoms with Crippen LogP contribution in [0.3, 0.4) is 0 Å². The molecule has 1 atom stereocenters. The molecule has 0 spiro atoms. The summed E-state index contributed by atoms with van der Waals surface area (Å²) in [6.07, 6.45) is -0.894. The van der Waals surface area contributed by atoms with Crippen LogP contribution >= 0.6 is 0 Å². The quantitative estimate of drug-likeness (QED) is 0.468. The minimum atomic E-state index is -0.894. The zero-order valence-electron chi connectivity index (χ0n) is 7.23. The second kappa shape index (κ2) is 3.84. The molecule has 12 heavy (non-hydrogen) atoms. The van der Waals surface area contributed by atoms with Gasteiger partial charge >= 0.3 is 0 Å². The Balaban J connectivity index is 2.39. The Morgan fingerprint density at radius 2 is 1.92 bits per heavy atom. The summed E-state index contributed by atoms with van der Waals surface area (Å²) in [6.45, 7) is 4.06. The molecule has 0 aliphatic carbocycles. The summed E-state index contributed by atoms with van der Waals surface area (Å²) in [5.74, 6) is 5.30. The Hall–Kier alpha value is -0.650. The van der Waals surface area contributed by atoms with E-state index in [1.807, 2.05) is 0 Å². The minimum Gasteiger partial charge on any atom is -0.384 e. The maximum absolute atomic E-state index is 11.2. The molecule has 3 N–H and O–H groups in total. The molecule has 1 aliphatic heterocycles. The van der Waals surface area contributed by atoms with Crippen molar-refractivity contribution in [3.8, 4) is 0 Å². The summed E-state index contributed by atoms with van der Waals surface area (Å²) in [4.78, 5) is 12.9. The number of hydrazine groups is 1. The van der Waals surface area contributed by atoms with Gasteiger partial charge in [0.15, 0.2) is 0 Å². The third-order valence-electron chi connectivity index (χ3n) is 1.98. The van der Waals surface area contributed by atoms with E-state index in [2.05, 4.69) is 0 Å². The van der Waals surface area contributed by atoms with Crippen LogP contribution in [-0.4, -0.2) is 53.2 Å². The van der Waals surface area contributed by atoms with Crippen LogP contribution in [-0.2, 0) is 4.79 Å². The molecule has 5 heteroatoms. The van der Waals surface area contributed by atoms with Crippen LogP contribution in [0.2, 0.25) is 0 Å². The Morgan fingerprint density at radius 1 is 1.42 bits per heavy atom. The molecule has 1 fully saturated rings. The molecule has 0 radical (unpaired) electrons. The second-order valence-corrected chi connectivity index (χ2v) is 3.04. The Labute approximate surface area is 71.7 Å². The predicted octanol–water partition coefficient (Wildman–Crippen LogP) is -1.61.